The Hall–Kier alpha value is -2.51. The number of aliphatic hydroxyl groups is 1. The van der Waals surface area contributed by atoms with E-state index in [-0.39, 0.29) is 24.4 Å². The molecule has 0 radical (unpaired) electrons. The van der Waals surface area contributed by atoms with Gasteiger partial charge in [0.2, 0.25) is 5.91 Å². The molecular formula is C27H41N3O4. The van der Waals surface area contributed by atoms with Gasteiger partial charge in [0.1, 0.15) is 12.0 Å². The van der Waals surface area contributed by atoms with Crippen molar-refractivity contribution in [3.8, 4) is 0 Å². The fraction of sp³-hybridized carbons (Fsp3) is 0.593. The number of aliphatic hydroxyl groups excluding tert-OH is 1. The van der Waals surface area contributed by atoms with Crippen LogP contribution in [-0.4, -0.2) is 33.3 Å². The van der Waals surface area contributed by atoms with Crippen molar-refractivity contribution in [3.63, 3.8) is 0 Å². The number of hydrogen-bond acceptors (Lipinski definition) is 5. The van der Waals surface area contributed by atoms with Crippen LogP contribution >= 0.6 is 0 Å². The summed E-state index contributed by atoms with van der Waals surface area (Å²) < 4.78 is 7.02. The predicted molar refractivity (Wildman–Crippen MR) is 137 cm³/mol. The van der Waals surface area contributed by atoms with E-state index in [1.807, 2.05) is 0 Å². The van der Waals surface area contributed by atoms with Crippen LogP contribution in [0.1, 0.15) is 90.2 Å². The number of anilines is 1. The van der Waals surface area contributed by atoms with E-state index in [9.17, 15) is 9.59 Å². The monoisotopic (exact) mass is 471 g/mol. The molecule has 0 bridgehead atoms. The first-order valence-corrected chi connectivity index (χ1v) is 12.7. The third-order valence-corrected chi connectivity index (χ3v) is 5.75. The summed E-state index contributed by atoms with van der Waals surface area (Å²) in [4.78, 5) is 28.4. The minimum Gasteiger partial charge on any atom is -0.394 e. The molecule has 2 atom stereocenters. The normalized spacial score (nSPS) is 18.5. The first-order valence-electron chi connectivity index (χ1n) is 12.7. The van der Waals surface area contributed by atoms with E-state index in [4.69, 9.17) is 9.84 Å². The number of carbonyl (C=O) groups excluding carboxylic acids is 1. The number of carbonyl (C=O) groups is 1. The van der Waals surface area contributed by atoms with Gasteiger partial charge in [0, 0.05) is 12.6 Å². The smallest absolute Gasteiger partial charge is 0.351 e. The van der Waals surface area contributed by atoms with Crippen molar-refractivity contribution in [3.05, 3.63) is 59.2 Å². The van der Waals surface area contributed by atoms with Gasteiger partial charge in [0.05, 0.1) is 12.7 Å². The molecule has 2 rings (SSSR count). The molecular weight excluding hydrogens is 430 g/mol. The van der Waals surface area contributed by atoms with Crippen LogP contribution in [0.2, 0.25) is 0 Å². The molecule has 1 saturated heterocycles. The number of amides is 1. The molecule has 1 fully saturated rings. The van der Waals surface area contributed by atoms with Crippen LogP contribution in [-0.2, 0) is 9.53 Å². The van der Waals surface area contributed by atoms with Crippen LogP contribution in [0.5, 0.6) is 0 Å². The van der Waals surface area contributed by atoms with Crippen LogP contribution in [0.3, 0.4) is 0 Å². The average Bonchev–Trinajstić information content (AvgIpc) is 3.30. The van der Waals surface area contributed by atoms with Gasteiger partial charge in [-0.1, -0.05) is 62.6 Å². The van der Waals surface area contributed by atoms with E-state index in [1.165, 1.54) is 17.4 Å². The average molecular weight is 472 g/mol. The lowest BCUT2D eigenvalue weighted by atomic mass is 10.1. The fourth-order valence-corrected chi connectivity index (χ4v) is 3.84. The number of ether oxygens (including phenoxy) is 1. The van der Waals surface area contributed by atoms with Gasteiger partial charge < -0.3 is 15.2 Å². The lowest BCUT2D eigenvalue weighted by molar-refractivity contribution is -0.116. The Morgan fingerprint density at radius 1 is 1.09 bits per heavy atom. The van der Waals surface area contributed by atoms with E-state index in [0.29, 0.717) is 19.3 Å². The second-order valence-corrected chi connectivity index (χ2v) is 8.62. The van der Waals surface area contributed by atoms with Crippen LogP contribution in [0.25, 0.3) is 0 Å². The largest absolute Gasteiger partial charge is 0.394 e. The highest BCUT2D eigenvalue weighted by Gasteiger charge is 2.26. The Bertz CT molecular complexity index is 860. The summed E-state index contributed by atoms with van der Waals surface area (Å²) in [5.74, 6) is 0.144. The minimum atomic E-state index is -0.462. The van der Waals surface area contributed by atoms with E-state index in [0.717, 1.165) is 44.9 Å². The summed E-state index contributed by atoms with van der Waals surface area (Å²) >= 11 is 0. The Morgan fingerprint density at radius 3 is 2.50 bits per heavy atom. The molecule has 188 valence electrons. The topological polar surface area (TPSA) is 93.5 Å². The second kappa shape index (κ2) is 17.0. The van der Waals surface area contributed by atoms with Crippen LogP contribution in [0.15, 0.2) is 53.5 Å². The van der Waals surface area contributed by atoms with E-state index < -0.39 is 11.9 Å². The SMILES string of the molecule is CC/C=C\C/C=C\C/C=C\CCCCCCCC(=O)Nc1ccn([C@@H]2CC[C@@H](CO)O2)c(=O)n1. The van der Waals surface area contributed by atoms with E-state index in [2.05, 4.69) is 53.7 Å². The molecule has 0 unspecified atom stereocenters. The van der Waals surface area contributed by atoms with Crippen molar-refractivity contribution in [1.29, 1.82) is 0 Å². The zero-order chi connectivity index (χ0) is 24.4. The van der Waals surface area contributed by atoms with Gasteiger partial charge in [-0.25, -0.2) is 4.79 Å². The van der Waals surface area contributed by atoms with Crippen molar-refractivity contribution in [2.24, 2.45) is 0 Å². The maximum atomic E-state index is 12.3. The number of hydrogen-bond donors (Lipinski definition) is 2. The van der Waals surface area contributed by atoms with Crippen LogP contribution in [0.4, 0.5) is 5.82 Å². The van der Waals surface area contributed by atoms with Crippen LogP contribution < -0.4 is 11.0 Å². The maximum Gasteiger partial charge on any atom is 0.351 e. The van der Waals surface area contributed by atoms with E-state index in [1.54, 1.807) is 12.3 Å². The van der Waals surface area contributed by atoms with Crippen molar-refractivity contribution in [2.75, 3.05) is 11.9 Å². The zero-order valence-electron chi connectivity index (χ0n) is 20.5. The van der Waals surface area contributed by atoms with Gasteiger partial charge in [0.25, 0.3) is 0 Å². The standard InChI is InChI=1S/C27H41N3O4/c1-2-3-4-5-6-7-8-9-10-11-12-13-14-15-16-17-25(32)28-24-20-21-30(27(33)29-24)26-19-18-23(22-31)34-26/h3-4,6-7,9-10,20-21,23,26,31H,2,5,8,11-19,22H2,1H3,(H,28,29,32,33)/b4-3-,7-6-,10-9-/t23-,26-/m0/s1. The number of unbranched alkanes of at least 4 members (excludes halogenated alkanes) is 5. The summed E-state index contributed by atoms with van der Waals surface area (Å²) in [6.45, 7) is 2.09. The lowest BCUT2D eigenvalue weighted by Crippen LogP contribution is -2.28. The zero-order valence-corrected chi connectivity index (χ0v) is 20.5. The van der Waals surface area contributed by atoms with Gasteiger partial charge in [-0.3, -0.25) is 9.36 Å². The lowest BCUT2D eigenvalue weighted by Gasteiger charge is -2.15. The highest BCUT2D eigenvalue weighted by Crippen LogP contribution is 2.26. The van der Waals surface area contributed by atoms with Gasteiger partial charge >= 0.3 is 5.69 Å². The number of nitrogens with zero attached hydrogens (tertiary/aromatic N) is 2. The van der Waals surface area contributed by atoms with Crippen molar-refractivity contribution < 1.29 is 14.6 Å². The summed E-state index contributed by atoms with van der Waals surface area (Å²) in [5.41, 5.74) is -0.462. The van der Waals surface area contributed by atoms with Gasteiger partial charge in [-0.15, -0.1) is 0 Å². The summed E-state index contributed by atoms with van der Waals surface area (Å²) in [7, 11) is 0. The van der Waals surface area contributed by atoms with Gasteiger partial charge in [-0.05, 0) is 57.4 Å². The molecule has 0 aromatic carbocycles. The van der Waals surface area contributed by atoms with Gasteiger partial charge in [0.15, 0.2) is 0 Å². The highest BCUT2D eigenvalue weighted by atomic mass is 16.5. The Kier molecular flexibility index (Phi) is 13.9. The fourth-order valence-electron chi connectivity index (χ4n) is 3.84. The molecule has 1 amide bonds. The van der Waals surface area contributed by atoms with Gasteiger partial charge in [-0.2, -0.15) is 4.98 Å². The first-order chi connectivity index (χ1) is 16.6. The molecule has 0 spiro atoms. The number of aromatic nitrogens is 2. The molecule has 0 saturated carbocycles. The minimum absolute atomic E-state index is 0.0562. The summed E-state index contributed by atoms with van der Waals surface area (Å²) in [5, 5.41) is 11.9. The van der Waals surface area contributed by atoms with E-state index >= 15 is 0 Å². The quantitative estimate of drug-likeness (QED) is 0.247. The number of allylic oxidation sites excluding steroid dienone is 6. The molecule has 34 heavy (non-hydrogen) atoms. The van der Waals surface area contributed by atoms with Crippen molar-refractivity contribution in [2.45, 2.75) is 96.3 Å². The predicted octanol–water partition coefficient (Wildman–Crippen LogP) is 5.44. The van der Waals surface area contributed by atoms with Crippen LogP contribution in [0, 0.1) is 0 Å². The second-order valence-electron chi connectivity index (χ2n) is 8.62. The Balaban J connectivity index is 1.52. The molecule has 7 heteroatoms. The van der Waals surface area contributed by atoms with Crippen molar-refractivity contribution >= 4 is 11.7 Å². The molecule has 1 aliphatic heterocycles. The molecule has 1 aromatic rings. The Labute approximate surface area is 203 Å². The molecule has 2 N–H and O–H groups in total. The number of rotatable bonds is 16. The molecule has 0 aliphatic carbocycles. The molecule has 1 aliphatic rings. The molecule has 1 aromatic heterocycles. The number of nitrogens with one attached hydrogen (secondary N) is 1. The maximum absolute atomic E-state index is 12.3. The third-order valence-electron chi connectivity index (χ3n) is 5.75. The molecule has 2 heterocycles. The first kappa shape index (κ1) is 27.7. The van der Waals surface area contributed by atoms with Crippen molar-refractivity contribution in [1.82, 2.24) is 9.55 Å². The third kappa shape index (κ3) is 11.1. The molecule has 7 nitrogen and oxygen atoms in total. The summed E-state index contributed by atoms with van der Waals surface area (Å²) in [6.07, 6.45) is 25.5. The summed E-state index contributed by atoms with van der Waals surface area (Å²) in [6, 6.07) is 1.61. The Morgan fingerprint density at radius 2 is 1.79 bits per heavy atom. The highest BCUT2D eigenvalue weighted by molar-refractivity contribution is 5.89.